The fourth-order valence-corrected chi connectivity index (χ4v) is 3.62. The zero-order chi connectivity index (χ0) is 14.6. The third-order valence-electron chi connectivity index (χ3n) is 3.65. The molecular weight excluding hydrogens is 260 g/mol. The second-order valence-corrected chi connectivity index (χ2v) is 6.72. The third kappa shape index (κ3) is 3.94. The van der Waals surface area contributed by atoms with E-state index < -0.39 is 10.0 Å². The van der Waals surface area contributed by atoms with E-state index >= 15 is 0 Å². The van der Waals surface area contributed by atoms with Crippen LogP contribution in [0.15, 0.2) is 23.1 Å². The van der Waals surface area contributed by atoms with Gasteiger partial charge in [-0.3, -0.25) is 0 Å². The fraction of sp³-hybridized carbons (Fsp3) is 0.571. The Hall–Kier alpha value is -1.07. The maximum absolute atomic E-state index is 12.3. The lowest BCUT2D eigenvalue weighted by atomic mass is 9.96. The highest BCUT2D eigenvalue weighted by Crippen LogP contribution is 2.19. The molecule has 0 fully saturated rings. The summed E-state index contributed by atoms with van der Waals surface area (Å²) in [6.07, 6.45) is 1.92. The molecule has 0 radical (unpaired) electrons. The van der Waals surface area contributed by atoms with Gasteiger partial charge < -0.3 is 5.73 Å². The van der Waals surface area contributed by atoms with E-state index in [1.54, 1.807) is 25.1 Å². The molecule has 0 aromatic heterocycles. The van der Waals surface area contributed by atoms with Crippen molar-refractivity contribution in [3.8, 4) is 0 Å². The lowest BCUT2D eigenvalue weighted by Gasteiger charge is -2.22. The summed E-state index contributed by atoms with van der Waals surface area (Å²) in [4.78, 5) is 0.275. The fourth-order valence-electron chi connectivity index (χ4n) is 2.22. The molecule has 1 unspecified atom stereocenters. The molecule has 3 N–H and O–H groups in total. The van der Waals surface area contributed by atoms with Crippen LogP contribution in [0.25, 0.3) is 0 Å². The quantitative estimate of drug-likeness (QED) is 0.789. The predicted octanol–water partition coefficient (Wildman–Crippen LogP) is 2.68. The van der Waals surface area contributed by atoms with Gasteiger partial charge in [0.15, 0.2) is 0 Å². The highest BCUT2D eigenvalue weighted by Gasteiger charge is 2.22. The van der Waals surface area contributed by atoms with Crippen molar-refractivity contribution in [1.29, 1.82) is 0 Å². The molecule has 1 atom stereocenters. The molecule has 5 heteroatoms. The number of sulfonamides is 1. The molecule has 0 saturated carbocycles. The van der Waals surface area contributed by atoms with Crippen molar-refractivity contribution < 1.29 is 8.42 Å². The Balaban J connectivity index is 2.95. The number of anilines is 1. The largest absolute Gasteiger partial charge is 0.399 e. The van der Waals surface area contributed by atoms with E-state index in [0.717, 1.165) is 18.4 Å². The van der Waals surface area contributed by atoms with Crippen molar-refractivity contribution in [1.82, 2.24) is 4.72 Å². The van der Waals surface area contributed by atoms with Crippen LogP contribution in [0, 0.1) is 12.8 Å². The zero-order valence-corrected chi connectivity index (χ0v) is 12.9. The Morgan fingerprint density at radius 3 is 2.32 bits per heavy atom. The van der Waals surface area contributed by atoms with E-state index in [1.807, 2.05) is 6.92 Å². The maximum Gasteiger partial charge on any atom is 0.240 e. The van der Waals surface area contributed by atoms with Crippen molar-refractivity contribution in [2.45, 2.75) is 51.5 Å². The topological polar surface area (TPSA) is 72.2 Å². The summed E-state index contributed by atoms with van der Waals surface area (Å²) in [6.45, 7) is 7.87. The highest BCUT2D eigenvalue weighted by atomic mass is 32.2. The van der Waals surface area contributed by atoms with Gasteiger partial charge in [0.2, 0.25) is 10.0 Å². The number of rotatable bonds is 6. The van der Waals surface area contributed by atoms with Gasteiger partial charge in [0.1, 0.15) is 0 Å². The molecule has 0 bridgehead atoms. The molecule has 108 valence electrons. The second kappa shape index (κ2) is 6.39. The first-order chi connectivity index (χ1) is 8.81. The predicted molar refractivity (Wildman–Crippen MR) is 79.4 cm³/mol. The summed E-state index contributed by atoms with van der Waals surface area (Å²) >= 11 is 0. The Labute approximate surface area is 116 Å². The van der Waals surface area contributed by atoms with Crippen LogP contribution in [-0.4, -0.2) is 14.5 Å². The van der Waals surface area contributed by atoms with E-state index in [9.17, 15) is 8.42 Å². The van der Waals surface area contributed by atoms with E-state index in [2.05, 4.69) is 18.6 Å². The van der Waals surface area contributed by atoms with Crippen LogP contribution in [0.5, 0.6) is 0 Å². The Bertz CT molecular complexity index is 522. The number of nitrogen functional groups attached to an aromatic ring is 1. The minimum Gasteiger partial charge on any atom is -0.399 e. The van der Waals surface area contributed by atoms with E-state index in [1.165, 1.54) is 0 Å². The lowest BCUT2D eigenvalue weighted by Crippen LogP contribution is -2.37. The summed E-state index contributed by atoms with van der Waals surface area (Å²) < 4.78 is 27.3. The van der Waals surface area contributed by atoms with Crippen LogP contribution in [-0.2, 0) is 10.0 Å². The monoisotopic (exact) mass is 284 g/mol. The molecule has 0 spiro atoms. The van der Waals surface area contributed by atoms with E-state index in [4.69, 9.17) is 5.73 Å². The van der Waals surface area contributed by atoms with Crippen LogP contribution in [0.4, 0.5) is 5.69 Å². The second-order valence-electron chi connectivity index (χ2n) is 5.00. The minimum absolute atomic E-state index is 0.0714. The van der Waals surface area contributed by atoms with Gasteiger partial charge in [0.05, 0.1) is 4.90 Å². The molecule has 19 heavy (non-hydrogen) atoms. The number of nitrogens with one attached hydrogen (secondary N) is 1. The average molecular weight is 284 g/mol. The van der Waals surface area contributed by atoms with Crippen molar-refractivity contribution in [3.05, 3.63) is 23.8 Å². The Morgan fingerprint density at radius 1 is 1.26 bits per heavy atom. The van der Waals surface area contributed by atoms with Crippen molar-refractivity contribution in [2.24, 2.45) is 5.92 Å². The molecule has 0 aliphatic heterocycles. The molecule has 0 amide bonds. The number of benzene rings is 1. The maximum atomic E-state index is 12.3. The van der Waals surface area contributed by atoms with Crippen LogP contribution in [0.2, 0.25) is 0 Å². The van der Waals surface area contributed by atoms with Gasteiger partial charge in [-0.25, -0.2) is 13.1 Å². The zero-order valence-electron chi connectivity index (χ0n) is 12.1. The average Bonchev–Trinajstić information content (AvgIpc) is 2.33. The number of hydrogen-bond donors (Lipinski definition) is 2. The minimum atomic E-state index is -3.47. The standard InChI is InChI=1S/C14H24N2O2S/c1-5-12(6-2)11(4)16-19(17,18)13-7-8-14(15)10(3)9-13/h7-9,11-12,16H,5-6,15H2,1-4H3. The van der Waals surface area contributed by atoms with Crippen molar-refractivity contribution in [3.63, 3.8) is 0 Å². The van der Waals surface area contributed by atoms with Crippen LogP contribution in [0.3, 0.4) is 0 Å². The molecule has 0 aliphatic rings. The summed E-state index contributed by atoms with van der Waals surface area (Å²) in [5.41, 5.74) is 7.09. The third-order valence-corrected chi connectivity index (χ3v) is 5.21. The van der Waals surface area contributed by atoms with Crippen molar-refractivity contribution in [2.75, 3.05) is 5.73 Å². The smallest absolute Gasteiger partial charge is 0.240 e. The highest BCUT2D eigenvalue weighted by molar-refractivity contribution is 7.89. The SMILES string of the molecule is CCC(CC)C(C)NS(=O)(=O)c1ccc(N)c(C)c1. The molecule has 1 aromatic carbocycles. The van der Waals surface area contributed by atoms with Gasteiger partial charge in [0, 0.05) is 11.7 Å². The first kappa shape index (κ1) is 16.0. The van der Waals surface area contributed by atoms with Gasteiger partial charge in [-0.05, 0) is 43.5 Å². The molecule has 1 rings (SSSR count). The molecule has 1 aromatic rings. The van der Waals surface area contributed by atoms with E-state index in [0.29, 0.717) is 11.6 Å². The number of nitrogens with two attached hydrogens (primary N) is 1. The molecular formula is C14H24N2O2S. The van der Waals surface area contributed by atoms with Gasteiger partial charge in [-0.1, -0.05) is 26.7 Å². The van der Waals surface area contributed by atoms with Gasteiger partial charge in [-0.15, -0.1) is 0 Å². The molecule has 0 aliphatic carbocycles. The first-order valence-corrected chi connectivity index (χ1v) is 8.18. The van der Waals surface area contributed by atoms with Crippen LogP contribution >= 0.6 is 0 Å². The number of hydrogen-bond acceptors (Lipinski definition) is 3. The van der Waals surface area contributed by atoms with Crippen LogP contribution < -0.4 is 10.5 Å². The summed E-state index contributed by atoms with van der Waals surface area (Å²) in [5.74, 6) is 0.352. The summed E-state index contributed by atoms with van der Waals surface area (Å²) in [5, 5.41) is 0. The lowest BCUT2D eigenvalue weighted by molar-refractivity contribution is 0.391. The first-order valence-electron chi connectivity index (χ1n) is 6.70. The van der Waals surface area contributed by atoms with Gasteiger partial charge in [-0.2, -0.15) is 0 Å². The summed E-state index contributed by atoms with van der Waals surface area (Å²) in [7, 11) is -3.47. The van der Waals surface area contributed by atoms with Crippen LogP contribution in [0.1, 0.15) is 39.2 Å². The van der Waals surface area contributed by atoms with Gasteiger partial charge in [0.25, 0.3) is 0 Å². The molecule has 0 saturated heterocycles. The normalized spacial score (nSPS) is 13.7. The molecule has 4 nitrogen and oxygen atoms in total. The Kier molecular flexibility index (Phi) is 5.38. The molecule has 0 heterocycles. The van der Waals surface area contributed by atoms with E-state index in [-0.39, 0.29) is 10.9 Å². The van der Waals surface area contributed by atoms with Gasteiger partial charge >= 0.3 is 0 Å². The number of aryl methyl sites for hydroxylation is 1. The Morgan fingerprint density at radius 2 is 1.84 bits per heavy atom. The summed E-state index contributed by atoms with van der Waals surface area (Å²) in [6, 6.07) is 4.71. The van der Waals surface area contributed by atoms with Crippen molar-refractivity contribution >= 4 is 15.7 Å².